The number of nitrogens with one attached hydrogen (secondary N) is 1. The molecular weight excluding hydrogens is 1020 g/mol. The van der Waals surface area contributed by atoms with Gasteiger partial charge in [-0.15, -0.1) is 10.2 Å². The highest BCUT2D eigenvalue weighted by Crippen LogP contribution is 2.29. The Morgan fingerprint density at radius 2 is 1.16 bits per heavy atom. The second-order valence-electron chi connectivity index (χ2n) is 15.6. The van der Waals surface area contributed by atoms with E-state index in [2.05, 4.69) is 51.9 Å². The van der Waals surface area contributed by atoms with Crippen LogP contribution in [-0.4, -0.2) is 133 Å². The molecule has 2 saturated heterocycles. The Morgan fingerprint density at radius 3 is 1.60 bits per heavy atom. The highest BCUT2D eigenvalue weighted by molar-refractivity contribution is 9.10. The standard InChI is InChI=1S/C23H24BrF3N4O3.C22H21BrF3N5O2/c1-29-7-9-30(10-8-29)23(34)31(18-4-2-3-17(24)12-18)14-16-6-5-15(11-19(16)25)20(32)13-28-22(33)21(26)27;1-29-7-9-30(10-8-29)22(32)31(17-4-2-3-16(23)12-17)13-15-6-5-14(11-18(15)24)20-27-28-21(33-20)19(25)26/h2-6,11-12,21H,7-10,13-14H2,1H3,(H,28,33);2-6,11-12,19H,7-10,13H2,1H3. The molecule has 0 radical (unpaired) electrons. The predicted molar refractivity (Wildman–Crippen MR) is 244 cm³/mol. The molecule has 0 aliphatic carbocycles. The van der Waals surface area contributed by atoms with E-state index >= 15 is 4.39 Å². The Morgan fingerprint density at radius 1 is 0.672 bits per heavy atom. The van der Waals surface area contributed by atoms with Crippen molar-refractivity contribution >= 4 is 67.0 Å². The van der Waals surface area contributed by atoms with Gasteiger partial charge in [0.1, 0.15) is 11.6 Å². The van der Waals surface area contributed by atoms with Crippen molar-refractivity contribution in [3.8, 4) is 11.5 Å². The number of halogens is 8. The van der Waals surface area contributed by atoms with E-state index in [1.807, 2.05) is 26.2 Å². The summed E-state index contributed by atoms with van der Waals surface area (Å²) in [6.07, 6.45) is -6.15. The van der Waals surface area contributed by atoms with Crippen molar-refractivity contribution in [1.82, 2.24) is 35.1 Å². The maximum atomic E-state index is 15.0. The SMILES string of the molecule is CN1CCN(C(=O)N(Cc2ccc(-c3nnc(C(F)F)o3)cc2F)c2cccc(Br)c2)CC1.CN1CCN(C(=O)N(Cc2ccc(C(=O)CNC(=O)C(F)F)cc2F)c2cccc(Br)c2)CC1. The number of nitrogens with zero attached hydrogens (tertiary/aromatic N) is 8. The van der Waals surface area contributed by atoms with Gasteiger partial charge in [0.05, 0.1) is 19.6 Å². The van der Waals surface area contributed by atoms with Gasteiger partial charge in [0.25, 0.3) is 11.8 Å². The lowest BCUT2D eigenvalue weighted by atomic mass is 10.1. The maximum absolute atomic E-state index is 15.0. The number of amides is 5. The molecule has 1 N–H and O–H groups in total. The third-order valence-corrected chi connectivity index (χ3v) is 11.8. The first-order valence-corrected chi connectivity index (χ1v) is 22.3. The zero-order valence-electron chi connectivity index (χ0n) is 36.2. The molecule has 14 nitrogen and oxygen atoms in total. The summed E-state index contributed by atoms with van der Waals surface area (Å²) in [5.74, 6) is -4.65. The largest absolute Gasteiger partial charge is 0.415 e. The quantitative estimate of drug-likeness (QED) is 0.0964. The third-order valence-electron chi connectivity index (χ3n) is 10.8. The van der Waals surface area contributed by atoms with Crippen LogP contribution in [0, 0.1) is 11.6 Å². The van der Waals surface area contributed by atoms with Crippen LogP contribution in [0.15, 0.2) is 98.3 Å². The normalized spacial score (nSPS) is 14.4. The molecule has 1 aromatic heterocycles. The molecule has 0 spiro atoms. The van der Waals surface area contributed by atoms with Crippen LogP contribution in [0.25, 0.3) is 11.5 Å². The number of likely N-dealkylation sites (N-methyl/N-ethyl adjacent to an activating group) is 2. The fraction of sp³-hybridized carbons (Fsp3) is 0.333. The van der Waals surface area contributed by atoms with Crippen molar-refractivity contribution in [3.63, 3.8) is 0 Å². The fourth-order valence-electron chi connectivity index (χ4n) is 6.95. The van der Waals surface area contributed by atoms with Gasteiger partial charge >= 0.3 is 24.9 Å². The summed E-state index contributed by atoms with van der Waals surface area (Å²) >= 11 is 6.82. The zero-order valence-corrected chi connectivity index (χ0v) is 39.3. The van der Waals surface area contributed by atoms with Crippen molar-refractivity contribution in [2.45, 2.75) is 25.9 Å². The number of rotatable bonds is 12. The smallest absolute Gasteiger partial charge is 0.324 e. The molecule has 4 aromatic carbocycles. The number of piperazine rings is 2. The Kier molecular flexibility index (Phi) is 17.5. The van der Waals surface area contributed by atoms with Crippen LogP contribution < -0.4 is 15.1 Å². The lowest BCUT2D eigenvalue weighted by Crippen LogP contribution is -2.52. The average Bonchev–Trinajstić information content (AvgIpc) is 3.81. The molecule has 5 aromatic rings. The fourth-order valence-corrected chi connectivity index (χ4v) is 7.72. The van der Waals surface area contributed by atoms with Gasteiger partial charge in [-0.25, -0.2) is 18.4 Å². The number of Topliss-reactive ketones (excluding diaryl/α,β-unsaturated/α-hetero) is 1. The molecule has 0 saturated carbocycles. The summed E-state index contributed by atoms with van der Waals surface area (Å²) in [6.45, 7) is 4.43. The highest BCUT2D eigenvalue weighted by atomic mass is 79.9. The number of hydrogen-bond acceptors (Lipinski definition) is 9. The summed E-state index contributed by atoms with van der Waals surface area (Å²) in [6, 6.07) is 21.7. The van der Waals surface area contributed by atoms with Crippen molar-refractivity contribution in [2.75, 3.05) is 82.8 Å². The lowest BCUT2D eigenvalue weighted by molar-refractivity contribution is -0.131. The molecular formula is C45H45Br2F6N9O5. The topological polar surface area (TPSA) is 139 Å². The molecule has 0 unspecified atom stereocenters. The molecule has 2 aliphatic heterocycles. The van der Waals surface area contributed by atoms with Crippen LogP contribution in [0.1, 0.15) is 33.8 Å². The molecule has 7 rings (SSSR count). The van der Waals surface area contributed by atoms with Gasteiger partial charge in [-0.1, -0.05) is 62.2 Å². The first kappa shape index (κ1) is 50.6. The number of ketones is 1. The first-order valence-electron chi connectivity index (χ1n) is 20.8. The van der Waals surface area contributed by atoms with Gasteiger partial charge < -0.3 is 29.3 Å². The van der Waals surface area contributed by atoms with E-state index in [0.717, 1.165) is 47.3 Å². The Bertz CT molecular complexity index is 2540. The third kappa shape index (κ3) is 13.6. The molecule has 2 fully saturated rings. The van der Waals surface area contributed by atoms with Crippen LogP contribution in [-0.2, 0) is 17.9 Å². The van der Waals surface area contributed by atoms with Crippen LogP contribution in [0.3, 0.4) is 0 Å². The molecule has 2 aliphatic rings. The number of carbonyl (C=O) groups is 4. The minimum Gasteiger partial charge on any atom is -0.415 e. The highest BCUT2D eigenvalue weighted by Gasteiger charge is 2.29. The van der Waals surface area contributed by atoms with E-state index in [4.69, 9.17) is 4.42 Å². The monoisotopic (exact) mass is 1060 g/mol. The van der Waals surface area contributed by atoms with Gasteiger partial charge in [0.2, 0.25) is 5.89 Å². The van der Waals surface area contributed by atoms with Crippen LogP contribution >= 0.6 is 31.9 Å². The number of urea groups is 2. The number of alkyl halides is 4. The summed E-state index contributed by atoms with van der Waals surface area (Å²) in [5, 5.41) is 8.61. The summed E-state index contributed by atoms with van der Waals surface area (Å²) in [5.41, 5.74) is 1.73. The van der Waals surface area contributed by atoms with Crippen molar-refractivity contribution in [1.29, 1.82) is 0 Å². The van der Waals surface area contributed by atoms with Gasteiger partial charge in [-0.3, -0.25) is 19.4 Å². The molecule has 0 bridgehead atoms. The predicted octanol–water partition coefficient (Wildman–Crippen LogP) is 8.48. The molecule has 67 heavy (non-hydrogen) atoms. The van der Waals surface area contributed by atoms with E-state index in [1.165, 1.54) is 34.1 Å². The van der Waals surface area contributed by atoms with Crippen molar-refractivity contribution in [3.05, 3.63) is 128 Å². The van der Waals surface area contributed by atoms with E-state index < -0.39 is 48.6 Å². The summed E-state index contributed by atoms with van der Waals surface area (Å²) in [4.78, 5) is 60.6. The summed E-state index contributed by atoms with van der Waals surface area (Å²) in [7, 11) is 3.98. The van der Waals surface area contributed by atoms with E-state index in [0.29, 0.717) is 37.6 Å². The zero-order chi connectivity index (χ0) is 48.4. The number of hydrogen-bond donors (Lipinski definition) is 1. The Hall–Kier alpha value is -5.84. The summed E-state index contributed by atoms with van der Waals surface area (Å²) < 4.78 is 86.3. The van der Waals surface area contributed by atoms with Crippen LogP contribution in [0.5, 0.6) is 0 Å². The Balaban J connectivity index is 0.000000221. The second-order valence-corrected chi connectivity index (χ2v) is 17.4. The number of anilines is 2. The number of benzene rings is 4. The van der Waals surface area contributed by atoms with Gasteiger partial charge in [-0.2, -0.15) is 17.6 Å². The maximum Gasteiger partial charge on any atom is 0.324 e. The Labute approximate surface area is 398 Å². The van der Waals surface area contributed by atoms with Crippen LogP contribution in [0.4, 0.5) is 47.3 Å². The minimum atomic E-state index is -3.24. The first-order chi connectivity index (χ1) is 32.0. The van der Waals surface area contributed by atoms with Gasteiger partial charge in [0.15, 0.2) is 5.78 Å². The average molecular weight is 1070 g/mol. The lowest BCUT2D eigenvalue weighted by Gasteiger charge is -2.36. The van der Waals surface area contributed by atoms with Crippen molar-refractivity contribution < 1.29 is 49.9 Å². The number of aromatic nitrogens is 2. The molecule has 0 atom stereocenters. The number of carbonyl (C=O) groups excluding carboxylic acids is 4. The molecule has 3 heterocycles. The minimum absolute atomic E-state index is 0.0140. The molecule has 5 amide bonds. The van der Waals surface area contributed by atoms with Gasteiger partial charge in [-0.05, 0) is 68.7 Å². The second kappa shape index (κ2) is 23.3. The van der Waals surface area contributed by atoms with E-state index in [9.17, 15) is 41.1 Å². The molecule has 22 heteroatoms. The molecule has 356 valence electrons. The van der Waals surface area contributed by atoms with Gasteiger partial charge in [0, 0.05) is 94.9 Å². The van der Waals surface area contributed by atoms with Crippen molar-refractivity contribution in [2.24, 2.45) is 0 Å². The van der Waals surface area contributed by atoms with Crippen LogP contribution in [0.2, 0.25) is 0 Å². The van der Waals surface area contributed by atoms with E-state index in [-0.39, 0.29) is 53.3 Å². The van der Waals surface area contributed by atoms with E-state index in [1.54, 1.807) is 51.5 Å².